The van der Waals surface area contributed by atoms with Gasteiger partial charge in [-0.1, -0.05) is 30.3 Å². The first-order valence-corrected chi connectivity index (χ1v) is 9.05. The van der Waals surface area contributed by atoms with Crippen LogP contribution in [-0.4, -0.2) is 42.0 Å². The van der Waals surface area contributed by atoms with Gasteiger partial charge in [0.1, 0.15) is 0 Å². The van der Waals surface area contributed by atoms with Crippen molar-refractivity contribution >= 4 is 42.1 Å². The van der Waals surface area contributed by atoms with Crippen LogP contribution in [0.3, 0.4) is 0 Å². The lowest BCUT2D eigenvalue weighted by atomic mass is 10.0. The van der Waals surface area contributed by atoms with Gasteiger partial charge in [-0.15, -0.1) is 36.2 Å². The molecule has 7 heteroatoms. The zero-order valence-electron chi connectivity index (χ0n) is 14.3. The van der Waals surface area contributed by atoms with Crippen LogP contribution in [0.4, 0.5) is 0 Å². The Labute approximate surface area is 165 Å². The Balaban J connectivity index is 0.00000156. The van der Waals surface area contributed by atoms with E-state index >= 15 is 0 Å². The molecular formula is C18H25Cl2N3OS. The molecule has 0 unspecified atom stereocenters. The van der Waals surface area contributed by atoms with E-state index in [2.05, 4.69) is 22.4 Å². The highest BCUT2D eigenvalue weighted by atomic mass is 35.5. The van der Waals surface area contributed by atoms with Gasteiger partial charge in [0.05, 0.1) is 17.1 Å². The second-order valence-corrected chi connectivity index (χ2v) is 6.96. The highest BCUT2D eigenvalue weighted by Crippen LogP contribution is 2.17. The molecule has 1 aromatic carbocycles. The summed E-state index contributed by atoms with van der Waals surface area (Å²) in [6.45, 7) is 1.71. The van der Waals surface area contributed by atoms with Gasteiger partial charge in [0, 0.05) is 30.9 Å². The Bertz CT molecular complexity index is 643. The van der Waals surface area contributed by atoms with Gasteiger partial charge in [0.25, 0.3) is 0 Å². The summed E-state index contributed by atoms with van der Waals surface area (Å²) in [5.41, 5.74) is 2.16. The number of likely N-dealkylation sites (tertiary alicyclic amines) is 1. The second kappa shape index (κ2) is 10.8. The average Bonchev–Trinajstić information content (AvgIpc) is 3.02. The summed E-state index contributed by atoms with van der Waals surface area (Å²) in [5.74, 6) is 0.205. The molecular weight excluding hydrogens is 377 g/mol. The first-order valence-electron chi connectivity index (χ1n) is 8.17. The lowest BCUT2D eigenvalue weighted by Gasteiger charge is -2.31. The summed E-state index contributed by atoms with van der Waals surface area (Å²) in [7, 11) is 1.99. The van der Waals surface area contributed by atoms with E-state index in [1.54, 1.807) is 11.3 Å². The third-order valence-corrected chi connectivity index (χ3v) is 5.28. The van der Waals surface area contributed by atoms with Gasteiger partial charge in [-0.25, -0.2) is 4.98 Å². The molecule has 2 aromatic rings. The first-order chi connectivity index (χ1) is 11.2. The third kappa shape index (κ3) is 6.26. The van der Waals surface area contributed by atoms with Crippen LogP contribution in [-0.2, 0) is 17.6 Å². The molecule has 0 spiro atoms. The van der Waals surface area contributed by atoms with Gasteiger partial charge in [-0.2, -0.15) is 0 Å². The van der Waals surface area contributed by atoms with Crippen LogP contribution in [0, 0.1) is 0 Å². The topological polar surface area (TPSA) is 45.2 Å². The van der Waals surface area contributed by atoms with Gasteiger partial charge >= 0.3 is 0 Å². The molecule has 1 N–H and O–H groups in total. The number of benzene rings is 1. The number of hydrogen-bond acceptors (Lipinski definition) is 4. The number of amides is 1. The van der Waals surface area contributed by atoms with E-state index < -0.39 is 0 Å². The van der Waals surface area contributed by atoms with E-state index in [0.717, 1.165) is 43.1 Å². The molecule has 1 aliphatic heterocycles. The largest absolute Gasteiger partial charge is 0.342 e. The highest BCUT2D eigenvalue weighted by Gasteiger charge is 2.22. The zero-order valence-corrected chi connectivity index (χ0v) is 16.8. The first kappa shape index (κ1) is 21.9. The van der Waals surface area contributed by atoms with Crippen LogP contribution in [0.25, 0.3) is 0 Å². The smallest absolute Gasteiger partial charge is 0.228 e. The molecule has 1 aromatic heterocycles. The van der Waals surface area contributed by atoms with Crippen LogP contribution in [0.15, 0.2) is 35.7 Å². The molecule has 3 rings (SSSR count). The molecule has 0 aliphatic carbocycles. The molecule has 1 aliphatic rings. The quantitative estimate of drug-likeness (QED) is 0.835. The van der Waals surface area contributed by atoms with Crippen molar-refractivity contribution in [3.8, 4) is 0 Å². The van der Waals surface area contributed by atoms with Gasteiger partial charge in [0.15, 0.2) is 0 Å². The number of carbonyl (C=O) groups excluding carboxylic acids is 1. The Kier molecular flexibility index (Phi) is 9.43. The number of thiazole rings is 1. The van der Waals surface area contributed by atoms with Crippen LogP contribution in [0.1, 0.15) is 29.1 Å². The van der Waals surface area contributed by atoms with E-state index in [-0.39, 0.29) is 30.7 Å². The molecule has 1 saturated heterocycles. The maximum Gasteiger partial charge on any atom is 0.228 e. The number of aromatic nitrogens is 1. The summed E-state index contributed by atoms with van der Waals surface area (Å²) in [6, 6.07) is 10.9. The number of nitrogens with one attached hydrogen (secondary N) is 1. The summed E-state index contributed by atoms with van der Waals surface area (Å²) in [4.78, 5) is 19.0. The van der Waals surface area contributed by atoms with E-state index in [9.17, 15) is 4.79 Å². The number of piperidine rings is 1. The van der Waals surface area contributed by atoms with E-state index in [1.807, 2.05) is 35.5 Å². The molecule has 0 atom stereocenters. The fourth-order valence-electron chi connectivity index (χ4n) is 2.97. The minimum absolute atomic E-state index is 0. The molecule has 138 valence electrons. The SMILES string of the molecule is CNC1CCN(C(=O)Cc2csc(Cc3ccccc3)n2)CC1.Cl.Cl. The van der Waals surface area contributed by atoms with E-state index in [0.29, 0.717) is 12.5 Å². The van der Waals surface area contributed by atoms with Crippen molar-refractivity contribution in [3.63, 3.8) is 0 Å². The molecule has 25 heavy (non-hydrogen) atoms. The van der Waals surface area contributed by atoms with Crippen LogP contribution in [0.5, 0.6) is 0 Å². The molecule has 1 amide bonds. The minimum atomic E-state index is 0. The summed E-state index contributed by atoms with van der Waals surface area (Å²) >= 11 is 1.65. The third-order valence-electron chi connectivity index (χ3n) is 4.39. The normalized spacial score (nSPS) is 14.5. The summed E-state index contributed by atoms with van der Waals surface area (Å²) < 4.78 is 0. The maximum absolute atomic E-state index is 12.4. The van der Waals surface area contributed by atoms with Crippen molar-refractivity contribution in [2.24, 2.45) is 0 Å². The fraction of sp³-hybridized carbons (Fsp3) is 0.444. The molecule has 4 nitrogen and oxygen atoms in total. The fourth-order valence-corrected chi connectivity index (χ4v) is 3.79. The maximum atomic E-state index is 12.4. The standard InChI is InChI=1S/C18H23N3OS.2ClH/c1-19-15-7-9-21(10-8-15)18(22)12-16-13-23-17(20-16)11-14-5-3-2-4-6-14;;/h2-6,13,15,19H,7-12H2,1H3;2*1H. The lowest BCUT2D eigenvalue weighted by Crippen LogP contribution is -2.44. The monoisotopic (exact) mass is 401 g/mol. The number of nitrogens with zero attached hydrogens (tertiary/aromatic N) is 2. The van der Waals surface area contributed by atoms with E-state index in [1.165, 1.54) is 5.56 Å². The summed E-state index contributed by atoms with van der Waals surface area (Å²) in [5, 5.41) is 6.39. The summed E-state index contributed by atoms with van der Waals surface area (Å²) in [6.07, 6.45) is 3.35. The molecule has 0 bridgehead atoms. The van der Waals surface area contributed by atoms with Crippen molar-refractivity contribution in [3.05, 3.63) is 52.0 Å². The number of rotatable bonds is 5. The zero-order chi connectivity index (χ0) is 16.1. The van der Waals surface area contributed by atoms with Crippen molar-refractivity contribution in [1.29, 1.82) is 0 Å². The lowest BCUT2D eigenvalue weighted by molar-refractivity contribution is -0.131. The Morgan fingerprint density at radius 3 is 2.56 bits per heavy atom. The van der Waals surface area contributed by atoms with Gasteiger partial charge in [-0.3, -0.25) is 4.79 Å². The van der Waals surface area contributed by atoms with Crippen LogP contribution in [0.2, 0.25) is 0 Å². The van der Waals surface area contributed by atoms with Crippen LogP contribution >= 0.6 is 36.2 Å². The predicted octanol–water partition coefficient (Wildman–Crippen LogP) is 3.33. The number of carbonyl (C=O) groups is 1. The Morgan fingerprint density at radius 1 is 1.24 bits per heavy atom. The van der Waals surface area contributed by atoms with Gasteiger partial charge in [-0.05, 0) is 25.5 Å². The average molecular weight is 402 g/mol. The van der Waals surface area contributed by atoms with Gasteiger partial charge < -0.3 is 10.2 Å². The molecule has 0 radical (unpaired) electrons. The number of halogens is 2. The molecule has 1 fully saturated rings. The molecule has 0 saturated carbocycles. The second-order valence-electron chi connectivity index (χ2n) is 6.02. The van der Waals surface area contributed by atoms with Gasteiger partial charge in [0.2, 0.25) is 5.91 Å². The minimum Gasteiger partial charge on any atom is -0.342 e. The van der Waals surface area contributed by atoms with Crippen molar-refractivity contribution in [1.82, 2.24) is 15.2 Å². The predicted molar refractivity (Wildman–Crippen MR) is 108 cm³/mol. The Hall–Kier alpha value is -1.14. The van der Waals surface area contributed by atoms with Crippen molar-refractivity contribution in [2.75, 3.05) is 20.1 Å². The van der Waals surface area contributed by atoms with E-state index in [4.69, 9.17) is 0 Å². The van der Waals surface area contributed by atoms with Crippen LogP contribution < -0.4 is 5.32 Å². The number of hydrogen-bond donors (Lipinski definition) is 1. The Morgan fingerprint density at radius 2 is 1.92 bits per heavy atom. The van der Waals surface area contributed by atoms with Crippen molar-refractivity contribution in [2.45, 2.75) is 31.7 Å². The van der Waals surface area contributed by atoms with Crippen molar-refractivity contribution < 1.29 is 4.79 Å². The molecule has 2 heterocycles. The highest BCUT2D eigenvalue weighted by molar-refractivity contribution is 7.09.